The van der Waals surface area contributed by atoms with Gasteiger partial charge in [0.15, 0.2) is 0 Å². The van der Waals surface area contributed by atoms with Crippen LogP contribution in [0.25, 0.3) is 22.5 Å². The molecule has 0 amide bonds. The molecule has 8 heteroatoms. The second-order valence-electron chi connectivity index (χ2n) is 9.22. The second-order valence-corrected chi connectivity index (χ2v) is 9.22. The van der Waals surface area contributed by atoms with Crippen molar-refractivity contribution in [2.75, 3.05) is 32.1 Å². The zero-order chi connectivity index (χ0) is 25.8. The molecule has 3 heterocycles. The van der Waals surface area contributed by atoms with Crippen LogP contribution < -0.4 is 4.90 Å². The molecule has 2 aromatic heterocycles. The van der Waals surface area contributed by atoms with Crippen LogP contribution in [0.2, 0.25) is 0 Å². The third-order valence-corrected chi connectivity index (χ3v) is 6.80. The van der Waals surface area contributed by atoms with Crippen LogP contribution in [0.3, 0.4) is 0 Å². The zero-order valence-corrected chi connectivity index (χ0v) is 21.2. The highest BCUT2D eigenvalue weighted by Gasteiger charge is 2.26. The lowest BCUT2D eigenvalue weighted by Crippen LogP contribution is -2.43. The molecule has 1 aromatic carbocycles. The van der Waals surface area contributed by atoms with E-state index in [2.05, 4.69) is 47.7 Å². The van der Waals surface area contributed by atoms with Gasteiger partial charge in [0.1, 0.15) is 11.7 Å². The molecule has 1 saturated heterocycles. The van der Waals surface area contributed by atoms with E-state index in [0.29, 0.717) is 22.9 Å². The third-order valence-electron chi connectivity index (χ3n) is 6.80. The average Bonchev–Trinajstić information content (AvgIpc) is 3.40. The number of aromatic nitrogens is 3. The van der Waals surface area contributed by atoms with Crippen LogP contribution in [0.4, 0.5) is 5.95 Å². The van der Waals surface area contributed by atoms with Crippen molar-refractivity contribution in [3.8, 4) is 23.4 Å². The van der Waals surface area contributed by atoms with Gasteiger partial charge in [0, 0.05) is 42.7 Å². The van der Waals surface area contributed by atoms with Gasteiger partial charge in [-0.25, -0.2) is 9.97 Å². The second kappa shape index (κ2) is 10.6. The molecule has 0 radical (unpaired) electrons. The molecule has 0 unspecified atom stereocenters. The molecule has 4 rings (SSSR count). The van der Waals surface area contributed by atoms with Gasteiger partial charge in [-0.2, -0.15) is 10.5 Å². The number of hydrogen-bond acceptors (Lipinski definition) is 7. The van der Waals surface area contributed by atoms with Gasteiger partial charge in [0.2, 0.25) is 5.95 Å². The molecule has 0 bridgehead atoms. The highest BCUT2D eigenvalue weighted by atomic mass is 15.3. The summed E-state index contributed by atoms with van der Waals surface area (Å²) in [5, 5.41) is 19.0. The molecule has 1 fully saturated rings. The summed E-state index contributed by atoms with van der Waals surface area (Å²) in [6.45, 7) is 9.07. The largest absolute Gasteiger partial charge is 0.342 e. The third kappa shape index (κ3) is 4.77. The fourth-order valence-corrected chi connectivity index (χ4v) is 4.64. The van der Waals surface area contributed by atoms with E-state index in [0.717, 1.165) is 59.9 Å². The molecule has 8 nitrogen and oxygen atoms in total. The summed E-state index contributed by atoms with van der Waals surface area (Å²) in [5.41, 5.74) is 5.67. The standard InChI is InChI=1S/C28H30N8/c1-19(16-23(18-30)20(2)31-3)25-26(22-8-6-21(17-29)7-9-22)33-28(36-15-12-32-27(25)36)35-13-10-24(11-14-35)34(4)5/h6-9,12,15-16,24H,3,10-11,13-14H2,1-2,4-5H3/b19-16+,23-20+. The molecule has 0 atom stereocenters. The number of benzene rings is 1. The Morgan fingerprint density at radius 2 is 1.86 bits per heavy atom. The minimum atomic E-state index is 0.438. The summed E-state index contributed by atoms with van der Waals surface area (Å²) >= 11 is 0. The number of allylic oxidation sites excluding steroid dienone is 4. The summed E-state index contributed by atoms with van der Waals surface area (Å²) in [6.07, 6.45) is 7.64. The van der Waals surface area contributed by atoms with E-state index in [1.54, 1.807) is 25.3 Å². The predicted octanol–water partition coefficient (Wildman–Crippen LogP) is 4.70. The number of fused-ring (bicyclic) bond motifs is 1. The fraction of sp³-hybridized carbons (Fsp3) is 0.321. The predicted molar refractivity (Wildman–Crippen MR) is 144 cm³/mol. The number of hydrogen-bond donors (Lipinski definition) is 0. The molecule has 0 aliphatic carbocycles. The van der Waals surface area contributed by atoms with Crippen LogP contribution in [-0.2, 0) is 0 Å². The zero-order valence-electron chi connectivity index (χ0n) is 21.2. The van der Waals surface area contributed by atoms with E-state index in [4.69, 9.17) is 9.97 Å². The van der Waals surface area contributed by atoms with Crippen molar-refractivity contribution in [2.45, 2.75) is 32.7 Å². The molecular formula is C28H30N8. The Morgan fingerprint density at radius 1 is 1.17 bits per heavy atom. The number of anilines is 1. The SMILES string of the molecule is C=N/C(C)=C(C#N)\C=C(/C)c1c(-c2ccc(C#N)cc2)nc(N2CCC(N(C)C)CC2)n2ccnc12. The topological polar surface area (TPSA) is 96.6 Å². The van der Waals surface area contributed by atoms with Crippen LogP contribution in [0.5, 0.6) is 0 Å². The smallest absolute Gasteiger partial charge is 0.211 e. The van der Waals surface area contributed by atoms with Crippen molar-refractivity contribution >= 4 is 23.9 Å². The number of imidazole rings is 1. The summed E-state index contributed by atoms with van der Waals surface area (Å²) in [5.74, 6) is 0.843. The molecule has 0 spiro atoms. The van der Waals surface area contributed by atoms with Crippen molar-refractivity contribution in [3.63, 3.8) is 0 Å². The van der Waals surface area contributed by atoms with E-state index in [1.807, 2.05) is 35.7 Å². The van der Waals surface area contributed by atoms with Crippen molar-refractivity contribution in [3.05, 3.63) is 65.1 Å². The number of nitriles is 2. The maximum atomic E-state index is 9.70. The summed E-state index contributed by atoms with van der Waals surface area (Å²) in [4.78, 5) is 18.4. The first-order valence-electron chi connectivity index (χ1n) is 11.9. The Balaban J connectivity index is 1.93. The van der Waals surface area contributed by atoms with Gasteiger partial charge in [-0.05, 0) is 71.3 Å². The molecule has 1 aliphatic rings. The Morgan fingerprint density at radius 3 is 2.44 bits per heavy atom. The van der Waals surface area contributed by atoms with Gasteiger partial charge in [-0.15, -0.1) is 0 Å². The highest BCUT2D eigenvalue weighted by molar-refractivity contribution is 5.88. The molecular weight excluding hydrogens is 448 g/mol. The van der Waals surface area contributed by atoms with Gasteiger partial charge in [0.05, 0.1) is 28.6 Å². The van der Waals surface area contributed by atoms with E-state index in [-0.39, 0.29) is 0 Å². The lowest BCUT2D eigenvalue weighted by Gasteiger charge is -2.36. The van der Waals surface area contributed by atoms with E-state index in [9.17, 15) is 10.5 Å². The summed E-state index contributed by atoms with van der Waals surface area (Å²) in [6, 6.07) is 12.4. The number of aliphatic imine (C=N–C) groups is 1. The van der Waals surface area contributed by atoms with Crippen LogP contribution in [0.15, 0.2) is 59.0 Å². The van der Waals surface area contributed by atoms with Gasteiger partial charge in [-0.1, -0.05) is 12.1 Å². The van der Waals surface area contributed by atoms with Crippen molar-refractivity contribution in [2.24, 2.45) is 4.99 Å². The summed E-state index contributed by atoms with van der Waals surface area (Å²) in [7, 11) is 4.26. The van der Waals surface area contributed by atoms with E-state index in [1.165, 1.54) is 0 Å². The first kappa shape index (κ1) is 24.8. The lowest BCUT2D eigenvalue weighted by atomic mass is 9.98. The molecule has 1 aliphatic heterocycles. The average molecular weight is 479 g/mol. The minimum absolute atomic E-state index is 0.438. The Labute approximate surface area is 212 Å². The fourth-order valence-electron chi connectivity index (χ4n) is 4.64. The van der Waals surface area contributed by atoms with E-state index >= 15 is 0 Å². The van der Waals surface area contributed by atoms with Gasteiger partial charge >= 0.3 is 0 Å². The molecule has 182 valence electrons. The lowest BCUT2D eigenvalue weighted by molar-refractivity contribution is 0.249. The maximum absolute atomic E-state index is 9.70. The van der Waals surface area contributed by atoms with Crippen molar-refractivity contribution in [1.29, 1.82) is 10.5 Å². The maximum Gasteiger partial charge on any atom is 0.211 e. The highest BCUT2D eigenvalue weighted by Crippen LogP contribution is 2.35. The Kier molecular flexibility index (Phi) is 7.28. The molecule has 0 saturated carbocycles. The van der Waals surface area contributed by atoms with Crippen LogP contribution >= 0.6 is 0 Å². The first-order valence-corrected chi connectivity index (χ1v) is 11.9. The van der Waals surface area contributed by atoms with Crippen LogP contribution in [0.1, 0.15) is 37.8 Å². The van der Waals surface area contributed by atoms with Gasteiger partial charge in [0.25, 0.3) is 0 Å². The van der Waals surface area contributed by atoms with E-state index < -0.39 is 0 Å². The minimum Gasteiger partial charge on any atom is -0.342 e. The number of piperidine rings is 1. The summed E-state index contributed by atoms with van der Waals surface area (Å²) < 4.78 is 2.03. The molecule has 3 aromatic rings. The van der Waals surface area contributed by atoms with Crippen LogP contribution in [-0.4, -0.2) is 59.2 Å². The number of nitrogens with zero attached hydrogens (tertiary/aromatic N) is 8. The first-order chi connectivity index (χ1) is 17.4. The van der Waals surface area contributed by atoms with Crippen molar-refractivity contribution in [1.82, 2.24) is 19.3 Å². The van der Waals surface area contributed by atoms with Gasteiger partial charge < -0.3 is 9.80 Å². The Bertz CT molecular complexity index is 1420. The monoisotopic (exact) mass is 478 g/mol. The quantitative estimate of drug-likeness (QED) is 0.289. The van der Waals surface area contributed by atoms with Gasteiger partial charge in [-0.3, -0.25) is 9.39 Å². The molecule has 36 heavy (non-hydrogen) atoms. The molecule has 0 N–H and O–H groups in total. The number of rotatable bonds is 6. The normalized spacial score (nSPS) is 15.5. The Hall–Kier alpha value is -4.27. The van der Waals surface area contributed by atoms with Crippen LogP contribution in [0, 0.1) is 22.7 Å². The van der Waals surface area contributed by atoms with Crippen molar-refractivity contribution < 1.29 is 0 Å².